The first-order valence-electron chi connectivity index (χ1n) is 1.79. The second kappa shape index (κ2) is 3.21. The molecule has 0 aromatic carbocycles. The zero-order chi connectivity index (χ0) is 4.50. The van der Waals surface area contributed by atoms with E-state index in [1.165, 1.54) is 0 Å². The Morgan fingerprint density at radius 1 is 1.17 bits per heavy atom. The maximum absolute atomic E-state index is 5.49. The van der Waals surface area contributed by atoms with Gasteiger partial charge in [0.1, 0.15) is 8.24 Å². The summed E-state index contributed by atoms with van der Waals surface area (Å²) in [6.07, 6.45) is 0. The van der Waals surface area contributed by atoms with Crippen LogP contribution in [0, 0.1) is 0 Å². The Bertz CT molecular complexity index is 26.3. The average Bonchev–Trinajstić information content (AvgIpc) is 0.722. The van der Waals surface area contributed by atoms with Gasteiger partial charge < -0.3 is 5.40 Å². The molecule has 0 bridgehead atoms. The molecule has 0 saturated carbocycles. The van der Waals surface area contributed by atoms with Crippen molar-refractivity contribution in [3.8, 4) is 0 Å². The van der Waals surface area contributed by atoms with Crippen molar-refractivity contribution in [2.45, 2.75) is 19.6 Å². The van der Waals surface area contributed by atoms with Gasteiger partial charge in [-0.05, 0) is 0 Å². The third kappa shape index (κ3) is 65.2. The van der Waals surface area contributed by atoms with Crippen molar-refractivity contribution in [3.05, 3.63) is 0 Å². The van der Waals surface area contributed by atoms with E-state index in [-0.39, 0.29) is 29.6 Å². The molecule has 1 nitrogen and oxygen atoms in total. The Hall–Kier alpha value is 1.18. The molecule has 0 rings (SSSR count). The second-order valence-corrected chi connectivity index (χ2v) is 7.10. The van der Waals surface area contributed by atoms with E-state index < -0.39 is 8.24 Å². The van der Waals surface area contributed by atoms with Crippen LogP contribution in [0.25, 0.3) is 0 Å². The van der Waals surface area contributed by atoms with E-state index in [2.05, 4.69) is 19.6 Å². The van der Waals surface area contributed by atoms with Crippen LogP contribution in [0.5, 0.6) is 0 Å². The van der Waals surface area contributed by atoms with Crippen molar-refractivity contribution in [2.75, 3.05) is 0 Å². The maximum atomic E-state index is 5.49. The van der Waals surface area contributed by atoms with Crippen LogP contribution in [-0.4, -0.2) is 37.8 Å². The molecule has 0 fully saturated rings. The van der Waals surface area contributed by atoms with Crippen LogP contribution in [0.2, 0.25) is 19.6 Å². The topological polar surface area (TPSA) is 26.0 Å². The van der Waals surface area contributed by atoms with E-state index >= 15 is 0 Å². The van der Waals surface area contributed by atoms with Crippen LogP contribution in [0.15, 0.2) is 0 Å². The summed E-state index contributed by atoms with van der Waals surface area (Å²) in [5.41, 5.74) is 0. The van der Waals surface area contributed by atoms with Crippen molar-refractivity contribution < 1.29 is 0 Å². The van der Waals surface area contributed by atoms with Crippen LogP contribution in [0.3, 0.4) is 0 Å². The van der Waals surface area contributed by atoms with E-state index in [0.29, 0.717) is 0 Å². The first kappa shape index (κ1) is 10.2. The fourth-order valence-corrected chi connectivity index (χ4v) is 0. The Labute approximate surface area is 62.7 Å². The third-order valence-corrected chi connectivity index (χ3v) is 0. The van der Waals surface area contributed by atoms with Crippen molar-refractivity contribution in [1.29, 1.82) is 0 Å². The molecule has 0 aliphatic carbocycles. The van der Waals surface area contributed by atoms with Crippen molar-refractivity contribution in [2.24, 2.45) is 5.40 Å². The monoisotopic (exact) mass is 113 g/mol. The Kier molecular flexibility index (Phi) is 5.47. The second-order valence-electron chi connectivity index (χ2n) is 2.37. The molecule has 0 unspecified atom stereocenters. The average molecular weight is 113 g/mol. The summed E-state index contributed by atoms with van der Waals surface area (Å²) in [5, 5.41) is 5.49. The van der Waals surface area contributed by atoms with Crippen LogP contribution >= 0.6 is 0 Å². The summed E-state index contributed by atoms with van der Waals surface area (Å²) in [6, 6.07) is 0. The van der Waals surface area contributed by atoms with Gasteiger partial charge in [-0.25, -0.2) is 0 Å². The molecule has 0 aliphatic rings. The third-order valence-electron chi connectivity index (χ3n) is 0. The minimum absolute atomic E-state index is 0. The zero-order valence-electron chi connectivity index (χ0n) is 4.08. The fourth-order valence-electron chi connectivity index (χ4n) is 0. The van der Waals surface area contributed by atoms with Crippen LogP contribution < -0.4 is 5.40 Å². The predicted molar refractivity (Wildman–Crippen MR) is 34.7 cm³/mol. The molecule has 2 N–H and O–H groups in total. The summed E-state index contributed by atoms with van der Waals surface area (Å²) in [5.74, 6) is 0. The molecule has 34 valence electrons. The van der Waals surface area contributed by atoms with Gasteiger partial charge in [0.25, 0.3) is 0 Å². The Morgan fingerprint density at radius 3 is 1.17 bits per heavy atom. The predicted octanol–water partition coefficient (Wildman–Crippen LogP) is 0.131. The van der Waals surface area contributed by atoms with Gasteiger partial charge in [0.05, 0.1) is 0 Å². The summed E-state index contributed by atoms with van der Waals surface area (Å²) >= 11 is 0. The van der Waals surface area contributed by atoms with Gasteiger partial charge >= 0.3 is 29.6 Å². The van der Waals surface area contributed by atoms with Crippen LogP contribution in [0.4, 0.5) is 0 Å². The van der Waals surface area contributed by atoms with Crippen molar-refractivity contribution in [1.82, 2.24) is 0 Å². The van der Waals surface area contributed by atoms with E-state index in [9.17, 15) is 0 Å². The summed E-state index contributed by atoms with van der Waals surface area (Å²) in [6.45, 7) is 6.31. The molecule has 3 heteroatoms. The van der Waals surface area contributed by atoms with E-state index in [0.717, 1.165) is 0 Å². The van der Waals surface area contributed by atoms with Gasteiger partial charge in [-0.3, -0.25) is 0 Å². The number of hydrogen-bond acceptors (Lipinski definition) is 1. The fraction of sp³-hybridized carbons (Fsp3) is 1.00. The Morgan fingerprint density at radius 2 is 1.17 bits per heavy atom. The molecule has 0 spiro atoms. The van der Waals surface area contributed by atoms with Gasteiger partial charge in [0, 0.05) is 0 Å². The molecule has 0 aliphatic heterocycles. The molecule has 0 amide bonds. The van der Waals surface area contributed by atoms with Crippen molar-refractivity contribution in [3.63, 3.8) is 0 Å². The molecule has 0 atom stereocenters. The number of rotatable bonds is 0. The van der Waals surface area contributed by atoms with Crippen LogP contribution in [-0.2, 0) is 0 Å². The molecule has 6 heavy (non-hydrogen) atoms. The standard InChI is InChI=1S/C3H11NSi.Na.H/c1-5(2,3)4;;/h4H2,1-3H3;;. The number of hydrogen-bond donors (Lipinski definition) is 1. The summed E-state index contributed by atoms with van der Waals surface area (Å²) in [7, 11) is -1.11. The van der Waals surface area contributed by atoms with Gasteiger partial charge in [0.2, 0.25) is 0 Å². The molecular weight excluding hydrogens is 101 g/mol. The van der Waals surface area contributed by atoms with Gasteiger partial charge in [0.15, 0.2) is 0 Å². The van der Waals surface area contributed by atoms with E-state index in [4.69, 9.17) is 5.40 Å². The molecule has 0 aromatic rings. The molecule has 0 aromatic heterocycles. The first-order chi connectivity index (χ1) is 2.00. The van der Waals surface area contributed by atoms with E-state index in [1.807, 2.05) is 0 Å². The summed E-state index contributed by atoms with van der Waals surface area (Å²) < 4.78 is 0. The molecule has 0 radical (unpaired) electrons. The normalized spacial score (nSPS) is 10.0. The molecular formula is C3H12NNaSi. The molecule has 0 saturated heterocycles. The van der Waals surface area contributed by atoms with Crippen LogP contribution in [0.1, 0.15) is 0 Å². The quantitative estimate of drug-likeness (QED) is 0.444. The van der Waals surface area contributed by atoms with Gasteiger partial charge in [-0.1, -0.05) is 19.6 Å². The first-order valence-corrected chi connectivity index (χ1v) is 5.37. The minimum atomic E-state index is -1.11. The number of nitrogens with two attached hydrogens (primary N) is 1. The van der Waals surface area contributed by atoms with Gasteiger partial charge in [-0.2, -0.15) is 0 Å². The van der Waals surface area contributed by atoms with Crippen molar-refractivity contribution >= 4 is 37.8 Å². The molecule has 0 heterocycles. The van der Waals surface area contributed by atoms with Gasteiger partial charge in [-0.15, -0.1) is 0 Å². The SMILES string of the molecule is C[Si](C)(C)N.[NaH]. The zero-order valence-corrected chi connectivity index (χ0v) is 5.08. The summed E-state index contributed by atoms with van der Waals surface area (Å²) in [4.78, 5) is 0. The van der Waals surface area contributed by atoms with E-state index in [1.54, 1.807) is 0 Å². The Balaban J connectivity index is 0.